The summed E-state index contributed by atoms with van der Waals surface area (Å²) in [4.78, 5) is 10.5. The van der Waals surface area contributed by atoms with Gasteiger partial charge >= 0.3 is 5.97 Å². The number of aromatic nitrogens is 1. The summed E-state index contributed by atoms with van der Waals surface area (Å²) in [5, 5.41) is 9.12. The van der Waals surface area contributed by atoms with E-state index in [4.69, 9.17) is 10.8 Å². The van der Waals surface area contributed by atoms with E-state index in [0.717, 1.165) is 5.52 Å². The standard InChI is InChI=1S/C13H15FN2O2/c1-16-7-6-9-11(16)4-2-8(13(9)14)10(15)3-5-12(17)18/h2,4,6-7,10H,3,5,15H2,1H3,(H,17,18). The van der Waals surface area contributed by atoms with E-state index in [0.29, 0.717) is 10.9 Å². The Balaban J connectivity index is 2.33. The molecule has 0 saturated heterocycles. The van der Waals surface area contributed by atoms with Crippen molar-refractivity contribution < 1.29 is 14.3 Å². The zero-order valence-corrected chi connectivity index (χ0v) is 10.1. The molecule has 18 heavy (non-hydrogen) atoms. The minimum atomic E-state index is -0.924. The molecule has 0 bridgehead atoms. The zero-order valence-electron chi connectivity index (χ0n) is 10.1. The number of fused-ring (bicyclic) bond motifs is 1. The van der Waals surface area contributed by atoms with E-state index in [-0.39, 0.29) is 18.7 Å². The second-order valence-corrected chi connectivity index (χ2v) is 4.37. The predicted molar refractivity (Wildman–Crippen MR) is 66.7 cm³/mol. The van der Waals surface area contributed by atoms with Gasteiger partial charge in [-0.15, -0.1) is 0 Å². The Morgan fingerprint density at radius 2 is 2.22 bits per heavy atom. The second kappa shape index (κ2) is 4.78. The summed E-state index contributed by atoms with van der Waals surface area (Å²) in [6.07, 6.45) is 1.94. The molecule has 1 heterocycles. The Kier molecular flexibility index (Phi) is 3.34. The van der Waals surface area contributed by atoms with Crippen LogP contribution in [0, 0.1) is 5.82 Å². The van der Waals surface area contributed by atoms with Gasteiger partial charge in [0.25, 0.3) is 0 Å². The number of carboxylic acids is 1. The van der Waals surface area contributed by atoms with Crippen molar-refractivity contribution >= 4 is 16.9 Å². The van der Waals surface area contributed by atoms with Crippen molar-refractivity contribution in [1.82, 2.24) is 4.57 Å². The van der Waals surface area contributed by atoms with Crippen LogP contribution >= 0.6 is 0 Å². The molecule has 0 saturated carbocycles. The smallest absolute Gasteiger partial charge is 0.303 e. The summed E-state index contributed by atoms with van der Waals surface area (Å²) >= 11 is 0. The number of nitrogens with zero attached hydrogens (tertiary/aromatic N) is 1. The molecule has 0 aliphatic heterocycles. The first kappa shape index (κ1) is 12.6. The van der Waals surface area contributed by atoms with Crippen LogP contribution in [0.3, 0.4) is 0 Å². The molecule has 3 N–H and O–H groups in total. The van der Waals surface area contributed by atoms with Crippen molar-refractivity contribution in [3.05, 3.63) is 35.8 Å². The van der Waals surface area contributed by atoms with Gasteiger partial charge in [0.2, 0.25) is 0 Å². The first-order chi connectivity index (χ1) is 8.50. The predicted octanol–water partition coefficient (Wildman–Crippen LogP) is 2.18. The number of halogens is 1. The van der Waals surface area contributed by atoms with E-state index < -0.39 is 12.0 Å². The van der Waals surface area contributed by atoms with Gasteiger partial charge in [0, 0.05) is 36.7 Å². The van der Waals surface area contributed by atoms with Gasteiger partial charge in [-0.1, -0.05) is 6.07 Å². The van der Waals surface area contributed by atoms with Crippen molar-refractivity contribution in [2.45, 2.75) is 18.9 Å². The number of aryl methyl sites for hydroxylation is 1. The van der Waals surface area contributed by atoms with Crippen LogP contribution in [0.4, 0.5) is 4.39 Å². The number of rotatable bonds is 4. The molecular formula is C13H15FN2O2. The number of nitrogens with two attached hydrogens (primary N) is 1. The Labute approximate surface area is 104 Å². The average molecular weight is 250 g/mol. The molecule has 1 unspecified atom stereocenters. The lowest BCUT2D eigenvalue weighted by molar-refractivity contribution is -0.137. The van der Waals surface area contributed by atoms with Crippen molar-refractivity contribution in [2.24, 2.45) is 12.8 Å². The van der Waals surface area contributed by atoms with Crippen LogP contribution in [-0.2, 0) is 11.8 Å². The maximum atomic E-state index is 14.2. The largest absolute Gasteiger partial charge is 0.481 e. The van der Waals surface area contributed by atoms with Crippen molar-refractivity contribution in [3.8, 4) is 0 Å². The Hall–Kier alpha value is -1.88. The minimum Gasteiger partial charge on any atom is -0.481 e. The number of carboxylic acid groups (broad SMARTS) is 1. The van der Waals surface area contributed by atoms with Gasteiger partial charge in [-0.05, 0) is 18.6 Å². The van der Waals surface area contributed by atoms with Crippen LogP contribution in [0.15, 0.2) is 24.4 Å². The maximum absolute atomic E-state index is 14.2. The molecule has 0 radical (unpaired) electrons. The van der Waals surface area contributed by atoms with Crippen LogP contribution in [0.25, 0.3) is 10.9 Å². The Bertz CT molecular complexity index is 592. The van der Waals surface area contributed by atoms with Crippen molar-refractivity contribution in [1.29, 1.82) is 0 Å². The number of carbonyl (C=O) groups is 1. The molecule has 2 aromatic rings. The van der Waals surface area contributed by atoms with Gasteiger partial charge in [-0.25, -0.2) is 4.39 Å². The third kappa shape index (κ3) is 2.22. The van der Waals surface area contributed by atoms with E-state index in [1.165, 1.54) is 0 Å². The highest BCUT2D eigenvalue weighted by Crippen LogP contribution is 2.26. The monoisotopic (exact) mass is 250 g/mol. The van der Waals surface area contributed by atoms with Crippen LogP contribution in [-0.4, -0.2) is 15.6 Å². The third-order valence-corrected chi connectivity index (χ3v) is 3.10. The van der Waals surface area contributed by atoms with E-state index in [1.54, 1.807) is 24.4 Å². The molecule has 0 aliphatic rings. The lowest BCUT2D eigenvalue weighted by Crippen LogP contribution is -2.14. The molecule has 0 spiro atoms. The molecule has 1 atom stereocenters. The molecule has 2 rings (SSSR count). The van der Waals surface area contributed by atoms with E-state index in [2.05, 4.69) is 0 Å². The summed E-state index contributed by atoms with van der Waals surface area (Å²) in [5.41, 5.74) is 7.00. The van der Waals surface area contributed by atoms with Gasteiger partial charge in [0.15, 0.2) is 0 Å². The van der Waals surface area contributed by atoms with E-state index in [9.17, 15) is 9.18 Å². The number of aliphatic carboxylic acids is 1. The first-order valence-corrected chi connectivity index (χ1v) is 5.71. The van der Waals surface area contributed by atoms with Crippen molar-refractivity contribution in [2.75, 3.05) is 0 Å². The average Bonchev–Trinajstić information content (AvgIpc) is 2.69. The highest BCUT2D eigenvalue weighted by molar-refractivity contribution is 5.81. The first-order valence-electron chi connectivity index (χ1n) is 5.71. The Morgan fingerprint density at radius 1 is 1.50 bits per heavy atom. The van der Waals surface area contributed by atoms with Crippen molar-refractivity contribution in [3.63, 3.8) is 0 Å². The number of benzene rings is 1. The summed E-state index contributed by atoms with van der Waals surface area (Å²) in [6.45, 7) is 0. The summed E-state index contributed by atoms with van der Waals surface area (Å²) in [5.74, 6) is -1.28. The lowest BCUT2D eigenvalue weighted by atomic mass is 10.0. The fourth-order valence-corrected chi connectivity index (χ4v) is 2.05. The topological polar surface area (TPSA) is 68.2 Å². The number of hydrogen-bond donors (Lipinski definition) is 2. The normalized spacial score (nSPS) is 12.8. The van der Waals surface area contributed by atoms with Gasteiger partial charge in [0.1, 0.15) is 5.82 Å². The molecule has 1 aromatic heterocycles. The van der Waals surface area contributed by atoms with E-state index in [1.807, 2.05) is 11.6 Å². The maximum Gasteiger partial charge on any atom is 0.303 e. The third-order valence-electron chi connectivity index (χ3n) is 3.10. The summed E-state index contributed by atoms with van der Waals surface area (Å²) in [6, 6.07) is 4.53. The Morgan fingerprint density at radius 3 is 2.89 bits per heavy atom. The SMILES string of the molecule is Cn1ccc2c(F)c(C(N)CCC(=O)O)ccc21. The fourth-order valence-electron chi connectivity index (χ4n) is 2.05. The summed E-state index contributed by atoms with van der Waals surface area (Å²) in [7, 11) is 1.84. The molecule has 5 heteroatoms. The van der Waals surface area contributed by atoms with Crippen LogP contribution in [0.1, 0.15) is 24.4 Å². The quantitative estimate of drug-likeness (QED) is 0.873. The minimum absolute atomic E-state index is 0.0621. The van der Waals surface area contributed by atoms with Gasteiger partial charge in [0.05, 0.1) is 5.52 Å². The lowest BCUT2D eigenvalue weighted by Gasteiger charge is -2.12. The highest BCUT2D eigenvalue weighted by Gasteiger charge is 2.16. The molecule has 1 aromatic carbocycles. The second-order valence-electron chi connectivity index (χ2n) is 4.37. The molecule has 96 valence electrons. The van der Waals surface area contributed by atoms with Gasteiger partial charge < -0.3 is 15.4 Å². The molecule has 0 amide bonds. The fraction of sp³-hybridized carbons (Fsp3) is 0.308. The van der Waals surface area contributed by atoms with Gasteiger partial charge in [-0.2, -0.15) is 0 Å². The zero-order chi connectivity index (χ0) is 13.3. The van der Waals surface area contributed by atoms with Gasteiger partial charge in [-0.3, -0.25) is 4.79 Å². The summed E-state index contributed by atoms with van der Waals surface area (Å²) < 4.78 is 16.0. The number of hydrogen-bond acceptors (Lipinski definition) is 2. The molecular weight excluding hydrogens is 235 g/mol. The van der Waals surface area contributed by atoms with E-state index >= 15 is 0 Å². The van der Waals surface area contributed by atoms with Crippen LogP contribution in [0.5, 0.6) is 0 Å². The van der Waals surface area contributed by atoms with Crippen LogP contribution < -0.4 is 5.73 Å². The highest BCUT2D eigenvalue weighted by atomic mass is 19.1. The molecule has 0 fully saturated rings. The van der Waals surface area contributed by atoms with Crippen LogP contribution in [0.2, 0.25) is 0 Å². The molecule has 4 nitrogen and oxygen atoms in total. The molecule has 0 aliphatic carbocycles.